The van der Waals surface area contributed by atoms with Crippen LogP contribution in [0.5, 0.6) is 34.5 Å². The van der Waals surface area contributed by atoms with Gasteiger partial charge in [-0.05, 0) is 169 Å². The van der Waals surface area contributed by atoms with Crippen molar-refractivity contribution in [3.05, 3.63) is 158 Å². The van der Waals surface area contributed by atoms with Crippen LogP contribution in [-0.2, 0) is 19.3 Å². The topological polar surface area (TPSA) is 292 Å². The minimum Gasteiger partial charge on any atom is -0.506 e. The van der Waals surface area contributed by atoms with Crippen LogP contribution in [0.3, 0.4) is 0 Å². The van der Waals surface area contributed by atoms with Crippen LogP contribution in [0, 0.1) is 7.14 Å². The summed E-state index contributed by atoms with van der Waals surface area (Å²) in [4.78, 5) is 40.1. The van der Waals surface area contributed by atoms with Gasteiger partial charge in [0.15, 0.2) is 23.1 Å². The number of halogens is 4. The fraction of sp³-hybridized carbons (Fsp3) is 0.318. The SMILES string of the molecule is CCCCc1oc2cc(OCCCO)ccc2c1C(=O)c1cc(Br)c(O)c(Br)c1.CCCCc1oc2cc(OCCCO)ccc2c1C(=O)c1cc(I)c(O)c(I)c1.CCCCc1oc2cc(OCCCO)ccc2c1C(=O)c1cc(N)c(O)c(N)c1. The Morgan fingerprint density at radius 2 is 0.759 bits per heavy atom. The summed E-state index contributed by atoms with van der Waals surface area (Å²) in [5.74, 6) is 3.30. The second-order valence-corrected chi connectivity index (χ2v) is 24.4. The van der Waals surface area contributed by atoms with Gasteiger partial charge in [0.05, 0.1) is 64.0 Å². The van der Waals surface area contributed by atoms with Crippen molar-refractivity contribution >= 4 is 139 Å². The molecule has 0 saturated heterocycles. The van der Waals surface area contributed by atoms with Gasteiger partial charge in [-0.3, -0.25) is 14.4 Å². The Bertz CT molecular complexity index is 3410. The van der Waals surface area contributed by atoms with Crippen molar-refractivity contribution in [1.29, 1.82) is 0 Å². The largest absolute Gasteiger partial charge is 0.506 e. The molecule has 3 aromatic heterocycles. The molecule has 0 fully saturated rings. The average Bonchev–Trinajstić information content (AvgIpc) is 1.88. The first kappa shape index (κ1) is 68.1. The van der Waals surface area contributed by atoms with Gasteiger partial charge in [-0.1, -0.05) is 40.0 Å². The number of nitrogen functional groups attached to an aromatic ring is 2. The zero-order valence-corrected chi connectivity index (χ0v) is 55.9. The standard InChI is InChI=1S/C22H22Br2O5.C22H22I2O5.C22H26N2O5/c3*1-2-3-5-18-20(21(26)13-10-16(23)22(27)17(24)11-13)15-7-6-14(12-19(15)29-18)28-9-4-8-25/h2*6-7,10-12,25,27H,2-5,8-9H2,1H3;6-7,10-12,25,27H,2-5,8-9,23-24H2,1H3. The van der Waals surface area contributed by atoms with Gasteiger partial charge in [0.2, 0.25) is 0 Å². The lowest BCUT2D eigenvalue weighted by atomic mass is 9.97. The number of hydrogen-bond acceptors (Lipinski definition) is 17. The zero-order chi connectivity index (χ0) is 62.9. The summed E-state index contributed by atoms with van der Waals surface area (Å²) in [5, 5.41) is 58.7. The molecule has 0 aliphatic heterocycles. The maximum absolute atomic E-state index is 13.4. The van der Waals surface area contributed by atoms with E-state index < -0.39 is 0 Å². The molecule has 9 aromatic rings. The molecule has 0 aliphatic rings. The van der Waals surface area contributed by atoms with Crippen molar-refractivity contribution in [3.63, 3.8) is 0 Å². The molecule has 9 rings (SSSR count). The van der Waals surface area contributed by atoms with E-state index in [0.29, 0.717) is 164 Å². The molecule has 0 unspecified atom stereocenters. The highest BCUT2D eigenvalue weighted by atomic mass is 127. The Balaban J connectivity index is 0.000000186. The number of aromatic hydroxyl groups is 3. The van der Waals surface area contributed by atoms with Crippen molar-refractivity contribution in [1.82, 2.24) is 0 Å². The summed E-state index contributed by atoms with van der Waals surface area (Å²) < 4.78 is 37.2. The minimum atomic E-state index is -0.262. The lowest BCUT2D eigenvalue weighted by Crippen LogP contribution is -2.06. The first-order valence-electron chi connectivity index (χ1n) is 28.6. The predicted molar refractivity (Wildman–Crippen MR) is 360 cm³/mol. The first-order valence-corrected chi connectivity index (χ1v) is 32.4. The number of aryl methyl sites for hydroxylation is 3. The molecular weight excluding hydrogens is 1470 g/mol. The number of anilines is 2. The van der Waals surface area contributed by atoms with Crippen LogP contribution in [0.25, 0.3) is 32.9 Å². The van der Waals surface area contributed by atoms with E-state index in [9.17, 15) is 29.7 Å². The fourth-order valence-corrected chi connectivity index (χ4v) is 12.3. The van der Waals surface area contributed by atoms with E-state index in [4.69, 9.17) is 54.2 Å². The summed E-state index contributed by atoms with van der Waals surface area (Å²) in [5.41, 5.74) is 16.3. The van der Waals surface area contributed by atoms with Crippen LogP contribution in [0.4, 0.5) is 11.4 Å². The second kappa shape index (κ2) is 32.8. The molecule has 3 heterocycles. The number of nitrogens with two attached hydrogens (primary N) is 2. The molecule has 6 aromatic carbocycles. The van der Waals surface area contributed by atoms with Gasteiger partial charge in [0.25, 0.3) is 0 Å². The Hall–Kier alpha value is -6.35. The van der Waals surface area contributed by atoms with Crippen LogP contribution in [0.2, 0.25) is 0 Å². The third-order valence-corrected chi connectivity index (χ3v) is 16.7. The number of fused-ring (bicyclic) bond motifs is 3. The predicted octanol–water partition coefficient (Wildman–Crippen LogP) is 15.3. The number of unbranched alkanes of at least 4 members (excludes halogenated alkanes) is 3. The van der Waals surface area contributed by atoms with Crippen LogP contribution in [0.15, 0.2) is 113 Å². The van der Waals surface area contributed by atoms with E-state index in [-0.39, 0.29) is 65.8 Å². The number of ketones is 3. The molecule has 21 heteroatoms. The quantitative estimate of drug-likeness (QED) is 0.00780. The zero-order valence-electron chi connectivity index (χ0n) is 48.4. The third kappa shape index (κ3) is 17.1. The van der Waals surface area contributed by atoms with Crippen LogP contribution in [0.1, 0.15) is 144 Å². The van der Waals surface area contributed by atoms with Gasteiger partial charge < -0.3 is 69.6 Å². The lowest BCUT2D eigenvalue weighted by Gasteiger charge is -2.08. The van der Waals surface area contributed by atoms with Gasteiger partial charge in [0.1, 0.15) is 62.8 Å². The minimum absolute atomic E-state index is 0.0504. The highest BCUT2D eigenvalue weighted by Gasteiger charge is 2.27. The summed E-state index contributed by atoms with van der Waals surface area (Å²) >= 11 is 10.6. The van der Waals surface area contributed by atoms with Crippen LogP contribution < -0.4 is 25.7 Å². The Labute approximate surface area is 547 Å². The van der Waals surface area contributed by atoms with E-state index in [1.54, 1.807) is 60.7 Å². The molecule has 87 heavy (non-hydrogen) atoms. The smallest absolute Gasteiger partial charge is 0.197 e. The molecule has 0 bridgehead atoms. The molecule has 0 atom stereocenters. The Morgan fingerprint density at radius 1 is 0.448 bits per heavy atom. The number of hydrogen-bond donors (Lipinski definition) is 8. The van der Waals surface area contributed by atoms with Crippen molar-refractivity contribution in [2.24, 2.45) is 0 Å². The molecule has 10 N–H and O–H groups in total. The highest BCUT2D eigenvalue weighted by molar-refractivity contribution is 14.1. The van der Waals surface area contributed by atoms with Crippen LogP contribution >= 0.6 is 77.0 Å². The highest BCUT2D eigenvalue weighted by Crippen LogP contribution is 2.39. The number of carbonyl (C=O) groups is 3. The lowest BCUT2D eigenvalue weighted by molar-refractivity contribution is 0.103. The van der Waals surface area contributed by atoms with Crippen molar-refractivity contribution in [3.8, 4) is 34.5 Å². The molecular formula is C66H70Br2I2N2O15. The number of rotatable bonds is 27. The number of furan rings is 3. The van der Waals surface area contributed by atoms with E-state index in [1.165, 1.54) is 12.1 Å². The molecule has 0 amide bonds. The van der Waals surface area contributed by atoms with E-state index in [2.05, 4.69) is 52.6 Å². The summed E-state index contributed by atoms with van der Waals surface area (Å²) in [7, 11) is 0. The van der Waals surface area contributed by atoms with Crippen molar-refractivity contribution in [2.75, 3.05) is 51.1 Å². The van der Waals surface area contributed by atoms with Gasteiger partial charge in [-0.2, -0.15) is 0 Å². The Kier molecular flexibility index (Phi) is 25.7. The van der Waals surface area contributed by atoms with E-state index in [0.717, 1.165) is 49.3 Å². The summed E-state index contributed by atoms with van der Waals surface area (Å²) in [6, 6.07) is 25.7. The molecule has 462 valence electrons. The maximum Gasteiger partial charge on any atom is 0.197 e. The van der Waals surface area contributed by atoms with Gasteiger partial charge in [-0.15, -0.1) is 0 Å². The number of benzene rings is 6. The van der Waals surface area contributed by atoms with Crippen LogP contribution in [-0.4, -0.2) is 87.6 Å². The summed E-state index contributed by atoms with van der Waals surface area (Å²) in [6.07, 6.45) is 9.23. The van der Waals surface area contributed by atoms with Gasteiger partial charge >= 0.3 is 0 Å². The molecule has 0 saturated carbocycles. The summed E-state index contributed by atoms with van der Waals surface area (Å²) in [6.45, 7) is 7.68. The van der Waals surface area contributed by atoms with Gasteiger partial charge in [-0.25, -0.2) is 0 Å². The number of phenols is 3. The van der Waals surface area contributed by atoms with E-state index in [1.807, 2.05) is 63.4 Å². The third-order valence-electron chi connectivity index (χ3n) is 13.9. The van der Waals surface area contributed by atoms with Crippen molar-refractivity contribution in [2.45, 2.75) is 97.8 Å². The number of phenolic OH excluding ortho intramolecular Hbond substituents is 3. The maximum atomic E-state index is 13.4. The van der Waals surface area contributed by atoms with Gasteiger partial charge in [0, 0.05) is 109 Å². The second-order valence-electron chi connectivity index (χ2n) is 20.3. The molecule has 0 aliphatic carbocycles. The fourth-order valence-electron chi connectivity index (χ4n) is 9.34. The molecule has 17 nitrogen and oxygen atoms in total. The number of ether oxygens (including phenoxy) is 3. The van der Waals surface area contributed by atoms with Crippen molar-refractivity contribution < 1.29 is 72.5 Å². The Morgan fingerprint density at radius 3 is 1.07 bits per heavy atom. The number of carbonyl (C=O) groups excluding carboxylic acids is 3. The average molecular weight is 1540 g/mol. The first-order chi connectivity index (χ1) is 41.9. The monoisotopic (exact) mass is 1540 g/mol. The van der Waals surface area contributed by atoms with E-state index >= 15 is 0 Å². The number of aliphatic hydroxyl groups is 3. The molecule has 0 spiro atoms. The normalized spacial score (nSPS) is 11.1. The number of aliphatic hydroxyl groups excluding tert-OH is 3. The molecule has 0 radical (unpaired) electrons.